The number of nitrogen functional groups attached to an aromatic ring is 1. The van der Waals surface area contributed by atoms with Crippen molar-refractivity contribution in [1.82, 2.24) is 10.2 Å². The number of hydrogen-bond acceptors (Lipinski definition) is 4. The molecule has 1 aromatic carbocycles. The number of rotatable bonds is 3. The van der Waals surface area contributed by atoms with Gasteiger partial charge in [-0.05, 0) is 40.5 Å². The van der Waals surface area contributed by atoms with E-state index >= 15 is 0 Å². The Kier molecular flexibility index (Phi) is 3.31. The van der Waals surface area contributed by atoms with Gasteiger partial charge in [0.25, 0.3) is 10.0 Å². The van der Waals surface area contributed by atoms with Crippen molar-refractivity contribution in [1.29, 1.82) is 0 Å². The molecule has 4 N–H and O–H groups in total. The van der Waals surface area contributed by atoms with Gasteiger partial charge >= 0.3 is 0 Å². The number of halogens is 1. The SMILES string of the molecule is Cc1cc(Br)c(N)cc1S(=O)(=O)Nc1ccn[nH]1. The van der Waals surface area contributed by atoms with Crippen LogP contribution in [-0.2, 0) is 10.0 Å². The lowest BCUT2D eigenvalue weighted by molar-refractivity contribution is 0.600. The fourth-order valence-electron chi connectivity index (χ4n) is 1.47. The molecule has 0 saturated heterocycles. The fraction of sp³-hybridized carbons (Fsp3) is 0.100. The normalized spacial score (nSPS) is 11.4. The second-order valence-electron chi connectivity index (χ2n) is 3.72. The first kappa shape index (κ1) is 12.9. The summed E-state index contributed by atoms with van der Waals surface area (Å²) in [4.78, 5) is 0.137. The summed E-state index contributed by atoms with van der Waals surface area (Å²) in [6.07, 6.45) is 1.46. The Morgan fingerprint density at radius 2 is 2.17 bits per heavy atom. The van der Waals surface area contributed by atoms with Crippen molar-refractivity contribution in [2.45, 2.75) is 11.8 Å². The molecule has 1 aromatic heterocycles. The lowest BCUT2D eigenvalue weighted by Crippen LogP contribution is -2.15. The van der Waals surface area contributed by atoms with Gasteiger partial charge in [-0.1, -0.05) is 0 Å². The molecular formula is C10H11BrN4O2S. The minimum absolute atomic E-state index is 0.137. The third-order valence-electron chi connectivity index (χ3n) is 2.33. The zero-order valence-electron chi connectivity index (χ0n) is 9.44. The average Bonchev–Trinajstić information content (AvgIpc) is 2.75. The van der Waals surface area contributed by atoms with Crippen LogP contribution >= 0.6 is 15.9 Å². The molecular weight excluding hydrogens is 320 g/mol. The van der Waals surface area contributed by atoms with Gasteiger partial charge in [0.05, 0.1) is 11.1 Å². The number of H-pyrrole nitrogens is 1. The fourth-order valence-corrected chi connectivity index (χ4v) is 3.21. The van der Waals surface area contributed by atoms with E-state index in [-0.39, 0.29) is 4.90 Å². The molecule has 0 amide bonds. The van der Waals surface area contributed by atoms with Crippen LogP contribution in [0.3, 0.4) is 0 Å². The number of anilines is 2. The predicted octanol–water partition coefficient (Wildman–Crippen LogP) is 1.86. The Morgan fingerprint density at radius 1 is 1.44 bits per heavy atom. The zero-order chi connectivity index (χ0) is 13.3. The van der Waals surface area contributed by atoms with E-state index in [1.807, 2.05) is 0 Å². The van der Waals surface area contributed by atoms with Crippen LogP contribution in [0.4, 0.5) is 11.5 Å². The minimum Gasteiger partial charge on any atom is -0.398 e. The quantitative estimate of drug-likeness (QED) is 0.747. The largest absolute Gasteiger partial charge is 0.398 e. The summed E-state index contributed by atoms with van der Waals surface area (Å²) in [5, 5.41) is 6.20. The Labute approximate surface area is 113 Å². The number of nitrogens with one attached hydrogen (secondary N) is 2. The van der Waals surface area contributed by atoms with Crippen LogP contribution in [-0.4, -0.2) is 18.6 Å². The van der Waals surface area contributed by atoms with Gasteiger partial charge in [0, 0.05) is 16.2 Å². The second kappa shape index (κ2) is 4.62. The number of nitrogens with two attached hydrogens (primary N) is 1. The minimum atomic E-state index is -3.68. The van der Waals surface area contributed by atoms with Gasteiger partial charge in [-0.25, -0.2) is 8.42 Å². The summed E-state index contributed by atoms with van der Waals surface area (Å²) in [6, 6.07) is 4.60. The molecule has 0 bridgehead atoms. The molecule has 0 saturated carbocycles. The molecule has 0 fully saturated rings. The third kappa shape index (κ3) is 2.49. The Morgan fingerprint density at radius 3 is 2.78 bits per heavy atom. The Hall–Kier alpha value is -1.54. The lowest BCUT2D eigenvalue weighted by Gasteiger charge is -2.10. The Balaban J connectivity index is 2.44. The summed E-state index contributed by atoms with van der Waals surface area (Å²) in [7, 11) is -3.68. The van der Waals surface area contributed by atoms with Crippen molar-refractivity contribution in [2.24, 2.45) is 0 Å². The van der Waals surface area contributed by atoms with Crippen LogP contribution in [0.5, 0.6) is 0 Å². The van der Waals surface area contributed by atoms with Crippen molar-refractivity contribution < 1.29 is 8.42 Å². The monoisotopic (exact) mass is 330 g/mol. The molecule has 2 aromatic rings. The van der Waals surface area contributed by atoms with Crippen molar-refractivity contribution in [3.8, 4) is 0 Å². The van der Waals surface area contributed by atoms with Crippen molar-refractivity contribution in [3.63, 3.8) is 0 Å². The van der Waals surface area contributed by atoms with E-state index < -0.39 is 10.0 Å². The molecule has 0 atom stereocenters. The molecule has 0 aliphatic carbocycles. The highest BCUT2D eigenvalue weighted by Gasteiger charge is 2.18. The van der Waals surface area contributed by atoms with Gasteiger partial charge in [0.1, 0.15) is 5.82 Å². The molecule has 96 valence electrons. The molecule has 0 aliphatic heterocycles. The van der Waals surface area contributed by atoms with E-state index in [2.05, 4.69) is 30.8 Å². The van der Waals surface area contributed by atoms with E-state index in [0.717, 1.165) is 0 Å². The number of nitrogens with zero attached hydrogens (tertiary/aromatic N) is 1. The van der Waals surface area contributed by atoms with E-state index in [1.165, 1.54) is 18.3 Å². The highest BCUT2D eigenvalue weighted by atomic mass is 79.9. The first-order chi connectivity index (χ1) is 8.40. The third-order valence-corrected chi connectivity index (χ3v) is 4.52. The number of sulfonamides is 1. The van der Waals surface area contributed by atoms with Crippen LogP contribution in [0.15, 0.2) is 33.8 Å². The van der Waals surface area contributed by atoms with E-state index in [0.29, 0.717) is 21.5 Å². The molecule has 18 heavy (non-hydrogen) atoms. The van der Waals surface area contributed by atoms with Gasteiger partial charge in [0.2, 0.25) is 0 Å². The van der Waals surface area contributed by atoms with Crippen LogP contribution in [0.1, 0.15) is 5.56 Å². The molecule has 2 rings (SSSR count). The zero-order valence-corrected chi connectivity index (χ0v) is 11.8. The van der Waals surface area contributed by atoms with Crippen molar-refractivity contribution >= 4 is 37.5 Å². The van der Waals surface area contributed by atoms with Gasteiger partial charge in [0.15, 0.2) is 0 Å². The first-order valence-corrected chi connectivity index (χ1v) is 7.25. The van der Waals surface area contributed by atoms with Crippen LogP contribution in [0.25, 0.3) is 0 Å². The maximum atomic E-state index is 12.2. The number of aromatic amines is 1. The highest BCUT2D eigenvalue weighted by molar-refractivity contribution is 9.10. The van der Waals surface area contributed by atoms with Crippen molar-refractivity contribution in [2.75, 3.05) is 10.5 Å². The molecule has 0 unspecified atom stereocenters. The molecule has 0 radical (unpaired) electrons. The van der Waals surface area contributed by atoms with Gasteiger partial charge in [-0.2, -0.15) is 5.10 Å². The average molecular weight is 331 g/mol. The molecule has 6 nitrogen and oxygen atoms in total. The van der Waals surface area contributed by atoms with Crippen LogP contribution < -0.4 is 10.5 Å². The first-order valence-electron chi connectivity index (χ1n) is 4.98. The molecule has 8 heteroatoms. The highest BCUT2D eigenvalue weighted by Crippen LogP contribution is 2.27. The van der Waals surface area contributed by atoms with Crippen molar-refractivity contribution in [3.05, 3.63) is 34.4 Å². The standard InChI is InChI=1S/C10H11BrN4O2S/c1-6-4-7(11)8(12)5-9(6)18(16,17)15-10-2-3-13-14-10/h2-5H,12H2,1H3,(H2,13,14,15). The van der Waals surface area contributed by atoms with Crippen LogP contribution in [0, 0.1) is 6.92 Å². The number of aromatic nitrogens is 2. The molecule has 1 heterocycles. The van der Waals surface area contributed by atoms with Gasteiger partial charge in [-0.3, -0.25) is 9.82 Å². The number of aryl methyl sites for hydroxylation is 1. The maximum absolute atomic E-state index is 12.2. The summed E-state index contributed by atoms with van der Waals surface area (Å²) < 4.78 is 27.4. The van der Waals surface area contributed by atoms with E-state index in [9.17, 15) is 8.42 Å². The van der Waals surface area contributed by atoms with Crippen LogP contribution in [0.2, 0.25) is 0 Å². The summed E-state index contributed by atoms with van der Waals surface area (Å²) in [6.45, 7) is 1.70. The summed E-state index contributed by atoms with van der Waals surface area (Å²) in [5.74, 6) is 0.302. The second-order valence-corrected chi connectivity index (χ2v) is 6.22. The Bertz CT molecular complexity index is 667. The topological polar surface area (TPSA) is 101 Å². The van der Waals surface area contributed by atoms with E-state index in [1.54, 1.807) is 13.0 Å². The maximum Gasteiger partial charge on any atom is 0.263 e. The van der Waals surface area contributed by atoms with Gasteiger partial charge < -0.3 is 5.73 Å². The molecule has 0 spiro atoms. The summed E-state index contributed by atoms with van der Waals surface area (Å²) >= 11 is 3.25. The molecule has 0 aliphatic rings. The van der Waals surface area contributed by atoms with E-state index in [4.69, 9.17) is 5.73 Å². The number of benzene rings is 1. The number of hydrogen-bond donors (Lipinski definition) is 3. The summed E-state index contributed by atoms with van der Waals surface area (Å²) in [5.41, 5.74) is 6.67. The smallest absolute Gasteiger partial charge is 0.263 e. The lowest BCUT2D eigenvalue weighted by atomic mass is 10.2. The predicted molar refractivity (Wildman–Crippen MR) is 72.7 cm³/mol. The van der Waals surface area contributed by atoms with Gasteiger partial charge in [-0.15, -0.1) is 0 Å².